The van der Waals surface area contributed by atoms with Crippen molar-refractivity contribution < 1.29 is 28.7 Å². The van der Waals surface area contributed by atoms with E-state index in [1.165, 1.54) is 6.07 Å². The van der Waals surface area contributed by atoms with E-state index >= 15 is 0 Å². The van der Waals surface area contributed by atoms with Gasteiger partial charge in [-0.05, 0) is 66.1 Å². The van der Waals surface area contributed by atoms with Crippen LogP contribution in [0, 0.1) is 0 Å². The molecule has 0 aliphatic carbocycles. The summed E-state index contributed by atoms with van der Waals surface area (Å²) in [5, 5.41) is 12.5. The molecule has 0 saturated carbocycles. The van der Waals surface area contributed by atoms with Gasteiger partial charge in [0.05, 0.1) is 16.8 Å². The smallest absolute Gasteiger partial charge is 0.478 e. The van der Waals surface area contributed by atoms with E-state index in [4.69, 9.17) is 25.6 Å². The quantitative estimate of drug-likeness (QED) is 0.655. The molecule has 0 spiro atoms. The fourth-order valence-electron chi connectivity index (χ4n) is 2.74. The standard InChI is InChI=1S/C21H29BClNO6/c1-19(2,3)28-18(27)24-12-13(22-29-20(4,5)21(6,7)30-22)11-15-14(17(25)26)9-8-10-16(15)23/h8-11H,12H2,1-7H3,(H,24,27)(H,25,26). The second-order valence-electron chi connectivity index (χ2n) is 9.17. The van der Waals surface area contributed by atoms with Crippen molar-refractivity contribution in [3.05, 3.63) is 39.8 Å². The molecule has 164 valence electrons. The van der Waals surface area contributed by atoms with Crippen LogP contribution < -0.4 is 5.32 Å². The molecular weight excluding hydrogens is 408 g/mol. The molecule has 0 unspecified atom stereocenters. The predicted molar refractivity (Wildman–Crippen MR) is 117 cm³/mol. The molecule has 0 atom stereocenters. The first-order chi connectivity index (χ1) is 13.6. The molecule has 1 aliphatic rings. The van der Waals surface area contributed by atoms with E-state index in [0.29, 0.717) is 11.0 Å². The minimum atomic E-state index is -1.11. The van der Waals surface area contributed by atoms with Crippen molar-refractivity contribution in [2.45, 2.75) is 65.3 Å². The Morgan fingerprint density at radius 2 is 1.77 bits per heavy atom. The molecular formula is C21H29BClNO6. The minimum Gasteiger partial charge on any atom is -0.478 e. The number of rotatable bonds is 5. The van der Waals surface area contributed by atoms with E-state index in [0.717, 1.165) is 0 Å². The number of hydrogen-bond donors (Lipinski definition) is 2. The second kappa shape index (κ2) is 8.61. The number of carboxylic acids is 1. The SMILES string of the molecule is CC(C)(C)OC(=O)NCC(=Cc1c(Cl)cccc1C(=O)O)B1OC(C)(C)C(C)(C)O1. The lowest BCUT2D eigenvalue weighted by Crippen LogP contribution is -2.41. The maximum absolute atomic E-state index is 12.2. The summed E-state index contributed by atoms with van der Waals surface area (Å²) in [7, 11) is -0.803. The molecule has 1 aromatic rings. The molecule has 30 heavy (non-hydrogen) atoms. The van der Waals surface area contributed by atoms with Crippen LogP contribution in [-0.4, -0.2) is 47.6 Å². The van der Waals surface area contributed by atoms with Crippen molar-refractivity contribution in [2.75, 3.05) is 6.54 Å². The summed E-state index contributed by atoms with van der Waals surface area (Å²) >= 11 is 6.28. The highest BCUT2D eigenvalue weighted by Crippen LogP contribution is 2.39. The Labute approximate surface area is 182 Å². The Hall–Kier alpha value is -2.03. The Kier molecular flexibility index (Phi) is 6.96. The lowest BCUT2D eigenvalue weighted by Gasteiger charge is -2.32. The van der Waals surface area contributed by atoms with Gasteiger partial charge in [-0.25, -0.2) is 9.59 Å². The van der Waals surface area contributed by atoms with Crippen LogP contribution in [0.4, 0.5) is 4.79 Å². The zero-order valence-corrected chi connectivity index (χ0v) is 19.2. The third-order valence-electron chi connectivity index (χ3n) is 5.00. The maximum atomic E-state index is 12.2. The molecule has 0 bridgehead atoms. The van der Waals surface area contributed by atoms with Gasteiger partial charge < -0.3 is 24.5 Å². The molecule has 0 radical (unpaired) electrons. The van der Waals surface area contributed by atoms with Gasteiger partial charge in [0.1, 0.15) is 5.60 Å². The fourth-order valence-corrected chi connectivity index (χ4v) is 2.97. The van der Waals surface area contributed by atoms with Gasteiger partial charge in [0, 0.05) is 17.1 Å². The maximum Gasteiger partial charge on any atom is 0.492 e. The highest BCUT2D eigenvalue weighted by molar-refractivity contribution is 6.56. The first-order valence-electron chi connectivity index (χ1n) is 9.68. The van der Waals surface area contributed by atoms with Crippen LogP contribution in [0.5, 0.6) is 0 Å². The van der Waals surface area contributed by atoms with Gasteiger partial charge >= 0.3 is 19.2 Å². The number of halogens is 1. The van der Waals surface area contributed by atoms with Crippen molar-refractivity contribution in [3.63, 3.8) is 0 Å². The largest absolute Gasteiger partial charge is 0.492 e. The molecule has 1 aromatic carbocycles. The van der Waals surface area contributed by atoms with Crippen LogP contribution in [0.2, 0.25) is 5.02 Å². The van der Waals surface area contributed by atoms with E-state index in [-0.39, 0.29) is 17.1 Å². The van der Waals surface area contributed by atoms with Crippen molar-refractivity contribution in [3.8, 4) is 0 Å². The Balaban J connectivity index is 2.42. The van der Waals surface area contributed by atoms with Crippen molar-refractivity contribution in [2.24, 2.45) is 0 Å². The topological polar surface area (TPSA) is 94.1 Å². The van der Waals surface area contributed by atoms with E-state index in [2.05, 4.69) is 5.32 Å². The number of alkyl carbamates (subject to hydrolysis) is 1. The monoisotopic (exact) mass is 437 g/mol. The second-order valence-corrected chi connectivity index (χ2v) is 9.58. The highest BCUT2D eigenvalue weighted by Gasteiger charge is 2.52. The van der Waals surface area contributed by atoms with Gasteiger partial charge in [0.15, 0.2) is 0 Å². The molecule has 1 heterocycles. The van der Waals surface area contributed by atoms with Crippen molar-refractivity contribution >= 4 is 36.9 Å². The van der Waals surface area contributed by atoms with Crippen LogP contribution >= 0.6 is 11.6 Å². The number of carbonyl (C=O) groups excluding carboxylic acids is 1. The van der Waals surface area contributed by atoms with Crippen LogP contribution in [0.3, 0.4) is 0 Å². The molecule has 1 fully saturated rings. The normalized spacial score (nSPS) is 18.3. The number of nitrogens with one attached hydrogen (secondary N) is 1. The lowest BCUT2D eigenvalue weighted by atomic mass is 9.76. The van der Waals surface area contributed by atoms with Gasteiger partial charge in [-0.3, -0.25) is 0 Å². The Morgan fingerprint density at radius 1 is 1.20 bits per heavy atom. The Bertz CT molecular complexity index is 844. The number of carbonyl (C=O) groups is 2. The number of hydrogen-bond acceptors (Lipinski definition) is 5. The average molecular weight is 438 g/mol. The first kappa shape index (κ1) is 24.2. The number of amides is 1. The fraction of sp³-hybridized carbons (Fsp3) is 0.524. The van der Waals surface area contributed by atoms with Crippen molar-refractivity contribution in [1.29, 1.82) is 0 Å². The third-order valence-corrected chi connectivity index (χ3v) is 5.33. The Morgan fingerprint density at radius 3 is 2.27 bits per heavy atom. The van der Waals surface area contributed by atoms with Crippen LogP contribution in [0.15, 0.2) is 23.7 Å². The zero-order chi connectivity index (χ0) is 22.9. The molecule has 2 rings (SSSR count). The highest BCUT2D eigenvalue weighted by atomic mass is 35.5. The van der Waals surface area contributed by atoms with Crippen LogP contribution in [0.1, 0.15) is 64.4 Å². The number of carboxylic acid groups (broad SMARTS) is 1. The van der Waals surface area contributed by atoms with Crippen molar-refractivity contribution in [1.82, 2.24) is 5.32 Å². The van der Waals surface area contributed by atoms with Gasteiger partial charge in [-0.2, -0.15) is 0 Å². The molecule has 1 aliphatic heterocycles. The molecule has 7 nitrogen and oxygen atoms in total. The summed E-state index contributed by atoms with van der Waals surface area (Å²) in [6.07, 6.45) is 0.980. The summed E-state index contributed by atoms with van der Waals surface area (Å²) in [6, 6.07) is 4.63. The third kappa shape index (κ3) is 5.77. The van der Waals surface area contributed by atoms with E-state index in [1.54, 1.807) is 39.0 Å². The summed E-state index contributed by atoms with van der Waals surface area (Å²) in [5.74, 6) is -1.11. The average Bonchev–Trinajstić information content (AvgIpc) is 2.78. The van der Waals surface area contributed by atoms with Gasteiger partial charge in [-0.1, -0.05) is 23.7 Å². The van der Waals surface area contributed by atoms with Crippen LogP contribution in [-0.2, 0) is 14.0 Å². The molecule has 9 heteroatoms. The first-order valence-corrected chi connectivity index (χ1v) is 10.1. The zero-order valence-electron chi connectivity index (χ0n) is 18.5. The van der Waals surface area contributed by atoms with Gasteiger partial charge in [0.25, 0.3) is 0 Å². The number of benzene rings is 1. The van der Waals surface area contributed by atoms with E-state index in [1.807, 2.05) is 27.7 Å². The van der Waals surface area contributed by atoms with Crippen LogP contribution in [0.25, 0.3) is 6.08 Å². The number of ether oxygens (including phenoxy) is 1. The minimum absolute atomic E-state index is 0.0238. The summed E-state index contributed by atoms with van der Waals surface area (Å²) in [6.45, 7) is 12.9. The van der Waals surface area contributed by atoms with E-state index < -0.39 is 36.0 Å². The van der Waals surface area contributed by atoms with E-state index in [9.17, 15) is 14.7 Å². The lowest BCUT2D eigenvalue weighted by molar-refractivity contribution is 0.00578. The number of aromatic carboxylic acids is 1. The summed E-state index contributed by atoms with van der Waals surface area (Å²) in [4.78, 5) is 23.8. The molecule has 1 amide bonds. The molecule has 0 aromatic heterocycles. The molecule has 2 N–H and O–H groups in total. The predicted octanol–water partition coefficient (Wildman–Crippen LogP) is 4.58. The van der Waals surface area contributed by atoms with Gasteiger partial charge in [-0.15, -0.1) is 0 Å². The summed E-state index contributed by atoms with van der Waals surface area (Å²) < 4.78 is 17.5. The van der Waals surface area contributed by atoms with Gasteiger partial charge in [0.2, 0.25) is 0 Å². The molecule has 1 saturated heterocycles. The summed E-state index contributed by atoms with van der Waals surface area (Å²) in [5.41, 5.74) is -1.03.